The quantitative estimate of drug-likeness (QED) is 0.770. The maximum atomic E-state index is 12.2. The maximum Gasteiger partial charge on any atom is 0.354 e. The summed E-state index contributed by atoms with van der Waals surface area (Å²) in [7, 11) is -0.220. The number of hydrogen-bond donors (Lipinski definition) is 2. The fourth-order valence-electron chi connectivity index (χ4n) is 1.56. The van der Waals surface area contributed by atoms with Crippen LogP contribution in [0.5, 0.6) is 0 Å². The second-order valence-electron chi connectivity index (χ2n) is 5.50. The van der Waals surface area contributed by atoms with Crippen molar-refractivity contribution in [2.75, 3.05) is 13.7 Å². The van der Waals surface area contributed by atoms with Crippen molar-refractivity contribution < 1.29 is 23.3 Å². The van der Waals surface area contributed by atoms with Gasteiger partial charge in [-0.1, -0.05) is 0 Å². The minimum absolute atomic E-state index is 0.198. The van der Waals surface area contributed by atoms with Gasteiger partial charge >= 0.3 is 11.9 Å². The van der Waals surface area contributed by atoms with Crippen LogP contribution in [0, 0.1) is 0 Å². The summed E-state index contributed by atoms with van der Waals surface area (Å²) in [5.74, 6) is -1.12. The molecular formula is C14H22N2O5S. The minimum atomic E-state index is -1.48. The van der Waals surface area contributed by atoms with Crippen LogP contribution < -0.4 is 4.72 Å². The second kappa shape index (κ2) is 7.55. The SMILES string of the molecule is CCOC(=O)[C@@H](NS(=O)C(C)(C)C)c1ccc(C(=O)OC)[nH]1. The van der Waals surface area contributed by atoms with E-state index in [9.17, 15) is 13.8 Å². The summed E-state index contributed by atoms with van der Waals surface area (Å²) >= 11 is 0. The lowest BCUT2D eigenvalue weighted by atomic mass is 10.2. The molecule has 0 saturated heterocycles. The summed E-state index contributed by atoms with van der Waals surface area (Å²) in [6.07, 6.45) is 0. The summed E-state index contributed by atoms with van der Waals surface area (Å²) in [5.41, 5.74) is 0.589. The molecule has 1 unspecified atom stereocenters. The van der Waals surface area contributed by atoms with E-state index >= 15 is 0 Å². The molecule has 0 radical (unpaired) electrons. The number of nitrogens with one attached hydrogen (secondary N) is 2. The molecule has 1 rings (SSSR count). The normalized spacial score (nSPS) is 14.2. The highest BCUT2D eigenvalue weighted by Crippen LogP contribution is 2.19. The Bertz CT molecular complexity index is 562. The van der Waals surface area contributed by atoms with E-state index in [0.29, 0.717) is 5.69 Å². The van der Waals surface area contributed by atoms with Gasteiger partial charge in [0.25, 0.3) is 0 Å². The number of carbonyl (C=O) groups is 2. The molecule has 0 amide bonds. The summed E-state index contributed by atoms with van der Waals surface area (Å²) in [6, 6.07) is 2.09. The number of esters is 2. The number of H-pyrrole nitrogens is 1. The Labute approximate surface area is 132 Å². The van der Waals surface area contributed by atoms with Gasteiger partial charge in [-0.05, 0) is 39.8 Å². The fraction of sp³-hybridized carbons (Fsp3) is 0.571. The Morgan fingerprint density at radius 2 is 2.00 bits per heavy atom. The molecule has 0 bridgehead atoms. The van der Waals surface area contributed by atoms with Gasteiger partial charge in [0, 0.05) is 5.69 Å². The number of rotatable bonds is 6. The molecule has 22 heavy (non-hydrogen) atoms. The van der Waals surface area contributed by atoms with Crippen molar-refractivity contribution >= 4 is 22.9 Å². The number of carbonyl (C=O) groups excluding carboxylic acids is 2. The lowest BCUT2D eigenvalue weighted by molar-refractivity contribution is -0.145. The van der Waals surface area contributed by atoms with Gasteiger partial charge in [-0.25, -0.2) is 18.5 Å². The van der Waals surface area contributed by atoms with E-state index in [4.69, 9.17) is 4.74 Å². The number of ether oxygens (including phenoxy) is 2. The van der Waals surface area contributed by atoms with Gasteiger partial charge in [0.2, 0.25) is 0 Å². The highest BCUT2D eigenvalue weighted by Gasteiger charge is 2.30. The second-order valence-corrected chi connectivity index (χ2v) is 7.50. The zero-order valence-electron chi connectivity index (χ0n) is 13.4. The molecule has 7 nitrogen and oxygen atoms in total. The van der Waals surface area contributed by atoms with Gasteiger partial charge in [0.15, 0.2) is 6.04 Å². The molecule has 0 fully saturated rings. The van der Waals surface area contributed by atoms with Gasteiger partial charge in [-0.3, -0.25) is 0 Å². The van der Waals surface area contributed by atoms with E-state index in [-0.39, 0.29) is 12.3 Å². The van der Waals surface area contributed by atoms with Crippen molar-refractivity contribution in [3.63, 3.8) is 0 Å². The van der Waals surface area contributed by atoms with Crippen molar-refractivity contribution in [2.45, 2.75) is 38.5 Å². The summed E-state index contributed by atoms with van der Waals surface area (Å²) in [6.45, 7) is 7.24. The van der Waals surface area contributed by atoms with Crippen molar-refractivity contribution in [1.29, 1.82) is 0 Å². The van der Waals surface area contributed by atoms with Gasteiger partial charge in [-0.15, -0.1) is 0 Å². The van der Waals surface area contributed by atoms with Gasteiger partial charge in [0.1, 0.15) is 5.69 Å². The van der Waals surface area contributed by atoms with Crippen LogP contribution in [0.2, 0.25) is 0 Å². The summed E-state index contributed by atoms with van der Waals surface area (Å²) in [5, 5.41) is 0. The number of aromatic amines is 1. The molecule has 2 atom stereocenters. The number of hydrogen-bond acceptors (Lipinski definition) is 5. The van der Waals surface area contributed by atoms with Crippen LogP contribution in [-0.4, -0.2) is 39.6 Å². The first-order valence-electron chi connectivity index (χ1n) is 6.82. The first-order valence-corrected chi connectivity index (χ1v) is 7.97. The molecule has 0 aromatic carbocycles. The third-order valence-corrected chi connectivity index (χ3v) is 4.29. The maximum absolute atomic E-state index is 12.2. The molecule has 1 aromatic rings. The Morgan fingerprint density at radius 1 is 1.36 bits per heavy atom. The first kappa shape index (κ1) is 18.4. The highest BCUT2D eigenvalue weighted by atomic mass is 32.2. The van der Waals surface area contributed by atoms with Gasteiger partial charge in [0.05, 0.1) is 29.4 Å². The van der Waals surface area contributed by atoms with Crippen LogP contribution in [0.25, 0.3) is 0 Å². The lowest BCUT2D eigenvalue weighted by Gasteiger charge is -2.22. The predicted molar refractivity (Wildman–Crippen MR) is 82.5 cm³/mol. The molecule has 0 aliphatic heterocycles. The largest absolute Gasteiger partial charge is 0.465 e. The zero-order valence-corrected chi connectivity index (χ0v) is 14.2. The van der Waals surface area contributed by atoms with Crippen molar-refractivity contribution in [2.24, 2.45) is 0 Å². The predicted octanol–water partition coefficient (Wildman–Crippen LogP) is 1.46. The van der Waals surface area contributed by atoms with E-state index in [1.165, 1.54) is 13.2 Å². The van der Waals surface area contributed by atoms with Crippen LogP contribution in [-0.2, 0) is 25.3 Å². The molecule has 1 heterocycles. The molecule has 124 valence electrons. The van der Waals surface area contributed by atoms with E-state index < -0.39 is 33.7 Å². The topological polar surface area (TPSA) is 97.5 Å². The van der Waals surface area contributed by atoms with Crippen LogP contribution >= 0.6 is 0 Å². The van der Waals surface area contributed by atoms with E-state index in [0.717, 1.165) is 0 Å². The summed E-state index contributed by atoms with van der Waals surface area (Å²) in [4.78, 5) is 26.4. The summed E-state index contributed by atoms with van der Waals surface area (Å²) < 4.78 is 24.0. The monoisotopic (exact) mass is 330 g/mol. The van der Waals surface area contributed by atoms with Crippen LogP contribution in [0.3, 0.4) is 0 Å². The first-order chi connectivity index (χ1) is 10.2. The van der Waals surface area contributed by atoms with E-state index in [1.807, 2.05) is 0 Å². The standard InChI is InChI=1S/C14H22N2O5S/c1-6-21-13(18)11(16-22(19)14(2,3)4)9-7-8-10(15-9)12(17)20-5/h7-8,11,15-16H,6H2,1-5H3/t11-,22?/m0/s1. The lowest BCUT2D eigenvalue weighted by Crippen LogP contribution is -2.39. The minimum Gasteiger partial charge on any atom is -0.465 e. The van der Waals surface area contributed by atoms with E-state index in [1.54, 1.807) is 33.8 Å². The van der Waals surface area contributed by atoms with Gasteiger partial charge in [-0.2, -0.15) is 0 Å². The molecular weight excluding hydrogens is 308 g/mol. The van der Waals surface area contributed by atoms with Crippen LogP contribution in [0.4, 0.5) is 0 Å². The average Bonchev–Trinajstić information content (AvgIpc) is 2.92. The van der Waals surface area contributed by atoms with Gasteiger partial charge < -0.3 is 14.5 Å². The Kier molecular flexibility index (Phi) is 6.31. The van der Waals surface area contributed by atoms with E-state index in [2.05, 4.69) is 14.4 Å². The number of methoxy groups -OCH3 is 1. The molecule has 0 saturated carbocycles. The number of aromatic nitrogens is 1. The zero-order chi connectivity index (χ0) is 16.9. The van der Waals surface area contributed by atoms with Crippen molar-refractivity contribution in [3.05, 3.63) is 23.5 Å². The average molecular weight is 330 g/mol. The molecule has 0 aliphatic carbocycles. The van der Waals surface area contributed by atoms with Crippen LogP contribution in [0.1, 0.15) is 49.9 Å². The van der Waals surface area contributed by atoms with Crippen molar-refractivity contribution in [3.8, 4) is 0 Å². The Balaban J connectivity index is 3.05. The highest BCUT2D eigenvalue weighted by molar-refractivity contribution is 7.84. The Hall–Kier alpha value is -1.67. The molecule has 2 N–H and O–H groups in total. The van der Waals surface area contributed by atoms with Crippen molar-refractivity contribution in [1.82, 2.24) is 9.71 Å². The molecule has 8 heteroatoms. The fourth-order valence-corrected chi connectivity index (χ4v) is 2.35. The third-order valence-electron chi connectivity index (χ3n) is 2.73. The molecule has 0 spiro atoms. The van der Waals surface area contributed by atoms with Crippen LogP contribution in [0.15, 0.2) is 12.1 Å². The smallest absolute Gasteiger partial charge is 0.354 e. The Morgan fingerprint density at radius 3 is 2.50 bits per heavy atom. The molecule has 0 aliphatic rings. The third kappa shape index (κ3) is 4.67. The molecule has 1 aromatic heterocycles.